The molecule has 0 aromatic heterocycles. The van der Waals surface area contributed by atoms with Crippen LogP contribution in [0.25, 0.3) is 0 Å². The quantitative estimate of drug-likeness (QED) is 0.909. The van der Waals surface area contributed by atoms with Gasteiger partial charge in [0.05, 0.1) is 12.1 Å². The third-order valence-electron chi connectivity index (χ3n) is 4.54. The van der Waals surface area contributed by atoms with Gasteiger partial charge in [-0.3, -0.25) is 4.79 Å². The molecule has 1 aliphatic rings. The van der Waals surface area contributed by atoms with Gasteiger partial charge in [0.1, 0.15) is 0 Å². The van der Waals surface area contributed by atoms with E-state index in [1.165, 1.54) is 5.56 Å². The van der Waals surface area contributed by atoms with Crippen LogP contribution in [0.5, 0.6) is 0 Å². The van der Waals surface area contributed by atoms with Crippen molar-refractivity contribution in [2.75, 3.05) is 0 Å². The highest BCUT2D eigenvalue weighted by molar-refractivity contribution is 5.77. The first-order valence-electron chi connectivity index (χ1n) is 8.30. The van der Waals surface area contributed by atoms with E-state index in [1.54, 1.807) is 0 Å². The average Bonchev–Trinajstić information content (AvgIpc) is 2.76. The zero-order chi connectivity index (χ0) is 16.2. The molecule has 0 spiro atoms. The van der Waals surface area contributed by atoms with Crippen LogP contribution in [0, 0.1) is 5.92 Å². The largest absolute Gasteiger partial charge is 0.351 e. The van der Waals surface area contributed by atoms with E-state index in [-0.39, 0.29) is 24.0 Å². The number of hydrogen-bond donors (Lipinski definition) is 2. The molecule has 1 amide bonds. The molecule has 3 heteroatoms. The van der Waals surface area contributed by atoms with E-state index in [2.05, 4.69) is 60.9 Å². The summed E-state index contributed by atoms with van der Waals surface area (Å²) in [7, 11) is 0. The fourth-order valence-electron chi connectivity index (χ4n) is 3.31. The Labute approximate surface area is 138 Å². The van der Waals surface area contributed by atoms with E-state index in [1.807, 2.05) is 24.3 Å². The molecule has 120 valence electrons. The molecule has 2 aromatic carbocycles. The van der Waals surface area contributed by atoms with Crippen molar-refractivity contribution in [3.8, 4) is 0 Å². The third-order valence-corrected chi connectivity index (χ3v) is 4.54. The number of carbonyl (C=O) groups excluding carboxylic acids is 1. The molecule has 1 aliphatic heterocycles. The first-order chi connectivity index (χ1) is 11.1. The molecule has 2 aromatic rings. The third kappa shape index (κ3) is 3.62. The maximum absolute atomic E-state index is 12.4. The summed E-state index contributed by atoms with van der Waals surface area (Å²) in [5.74, 6) is 0.467. The summed E-state index contributed by atoms with van der Waals surface area (Å²) >= 11 is 0. The molecule has 23 heavy (non-hydrogen) atoms. The second-order valence-corrected chi connectivity index (χ2v) is 6.56. The number of rotatable bonds is 3. The van der Waals surface area contributed by atoms with Crippen LogP contribution >= 0.6 is 0 Å². The van der Waals surface area contributed by atoms with Gasteiger partial charge in [-0.25, -0.2) is 0 Å². The fourth-order valence-corrected chi connectivity index (χ4v) is 3.31. The molecule has 1 saturated heterocycles. The second-order valence-electron chi connectivity index (χ2n) is 6.56. The summed E-state index contributed by atoms with van der Waals surface area (Å²) in [6, 6.07) is 20.8. The van der Waals surface area contributed by atoms with E-state index in [4.69, 9.17) is 0 Å². The summed E-state index contributed by atoms with van der Waals surface area (Å²) < 4.78 is 0. The molecule has 3 atom stereocenters. The van der Waals surface area contributed by atoms with Crippen LogP contribution in [0.15, 0.2) is 60.7 Å². The number of amides is 1. The highest BCUT2D eigenvalue weighted by Gasteiger charge is 2.33. The minimum atomic E-state index is 0.0326. The van der Waals surface area contributed by atoms with Crippen LogP contribution in [0.1, 0.15) is 43.5 Å². The van der Waals surface area contributed by atoms with E-state index in [0.717, 1.165) is 5.56 Å². The highest BCUT2D eigenvalue weighted by Crippen LogP contribution is 2.30. The summed E-state index contributed by atoms with van der Waals surface area (Å²) in [5.41, 5.74) is 2.38. The lowest BCUT2D eigenvalue weighted by atomic mass is 9.90. The Hall–Kier alpha value is -2.13. The lowest BCUT2D eigenvalue weighted by molar-refractivity contribution is -0.122. The predicted octanol–water partition coefficient (Wildman–Crippen LogP) is 3.60. The van der Waals surface area contributed by atoms with Crippen molar-refractivity contribution >= 4 is 5.91 Å². The standard InChI is InChI=1S/C20H24N2O/c1-14(2)19-20(16-11-7-4-8-12-16)21-17(13-18(23)22-19)15-9-5-3-6-10-15/h3-12,14,17,19-21H,13H2,1-2H3,(H,22,23). The van der Waals surface area contributed by atoms with Crippen molar-refractivity contribution in [1.82, 2.24) is 10.6 Å². The van der Waals surface area contributed by atoms with E-state index >= 15 is 0 Å². The Balaban J connectivity index is 1.96. The Bertz CT molecular complexity index is 639. The van der Waals surface area contributed by atoms with Gasteiger partial charge in [-0.2, -0.15) is 0 Å². The van der Waals surface area contributed by atoms with Gasteiger partial charge >= 0.3 is 0 Å². The Morgan fingerprint density at radius 1 is 0.913 bits per heavy atom. The van der Waals surface area contributed by atoms with Crippen molar-refractivity contribution in [2.24, 2.45) is 5.92 Å². The van der Waals surface area contributed by atoms with Gasteiger partial charge in [0, 0.05) is 12.5 Å². The maximum atomic E-state index is 12.4. The van der Waals surface area contributed by atoms with Crippen molar-refractivity contribution in [3.63, 3.8) is 0 Å². The van der Waals surface area contributed by atoms with Gasteiger partial charge in [-0.1, -0.05) is 74.5 Å². The molecule has 1 heterocycles. The lowest BCUT2D eigenvalue weighted by Gasteiger charge is -2.31. The Morgan fingerprint density at radius 2 is 1.48 bits per heavy atom. The summed E-state index contributed by atoms with van der Waals surface area (Å²) in [5, 5.41) is 6.95. The first kappa shape index (κ1) is 15.8. The molecule has 1 fully saturated rings. The molecule has 0 bridgehead atoms. The molecular formula is C20H24N2O. The van der Waals surface area contributed by atoms with E-state index < -0.39 is 0 Å². The second kappa shape index (κ2) is 6.97. The van der Waals surface area contributed by atoms with E-state index in [9.17, 15) is 4.79 Å². The smallest absolute Gasteiger partial charge is 0.222 e. The summed E-state index contributed by atoms with van der Waals surface area (Å²) in [4.78, 5) is 12.4. The molecule has 3 nitrogen and oxygen atoms in total. The fraction of sp³-hybridized carbons (Fsp3) is 0.350. The Kier molecular flexibility index (Phi) is 4.77. The van der Waals surface area contributed by atoms with Crippen LogP contribution in [0.4, 0.5) is 0 Å². The van der Waals surface area contributed by atoms with Crippen molar-refractivity contribution in [3.05, 3.63) is 71.8 Å². The van der Waals surface area contributed by atoms with Crippen LogP contribution in [0.3, 0.4) is 0 Å². The molecular weight excluding hydrogens is 284 g/mol. The number of benzene rings is 2. The molecule has 0 radical (unpaired) electrons. The zero-order valence-electron chi connectivity index (χ0n) is 13.7. The topological polar surface area (TPSA) is 41.1 Å². The average molecular weight is 308 g/mol. The predicted molar refractivity (Wildman–Crippen MR) is 92.9 cm³/mol. The van der Waals surface area contributed by atoms with Crippen molar-refractivity contribution in [2.45, 2.75) is 38.4 Å². The van der Waals surface area contributed by atoms with Crippen LogP contribution in [-0.4, -0.2) is 11.9 Å². The lowest BCUT2D eigenvalue weighted by Crippen LogP contribution is -2.44. The molecule has 0 aliphatic carbocycles. The zero-order valence-corrected chi connectivity index (χ0v) is 13.7. The monoisotopic (exact) mass is 308 g/mol. The first-order valence-corrected chi connectivity index (χ1v) is 8.30. The number of carbonyl (C=O) groups is 1. The number of hydrogen-bond acceptors (Lipinski definition) is 2. The Morgan fingerprint density at radius 3 is 2.04 bits per heavy atom. The van der Waals surface area contributed by atoms with Gasteiger partial charge < -0.3 is 10.6 Å². The van der Waals surface area contributed by atoms with Crippen LogP contribution in [-0.2, 0) is 4.79 Å². The normalized spacial score (nSPS) is 25.0. The highest BCUT2D eigenvalue weighted by atomic mass is 16.1. The minimum absolute atomic E-state index is 0.0326. The molecule has 0 saturated carbocycles. The molecule has 3 unspecified atom stereocenters. The van der Waals surface area contributed by atoms with Crippen LogP contribution in [0.2, 0.25) is 0 Å². The van der Waals surface area contributed by atoms with Crippen LogP contribution < -0.4 is 10.6 Å². The number of nitrogens with one attached hydrogen (secondary N) is 2. The summed E-state index contributed by atoms with van der Waals surface area (Å²) in [6.07, 6.45) is 0.469. The van der Waals surface area contributed by atoms with Gasteiger partial charge in [0.25, 0.3) is 0 Å². The van der Waals surface area contributed by atoms with E-state index in [0.29, 0.717) is 12.3 Å². The molecule has 3 rings (SSSR count). The van der Waals surface area contributed by atoms with Gasteiger partial charge in [0.15, 0.2) is 0 Å². The molecule has 2 N–H and O–H groups in total. The van der Waals surface area contributed by atoms with Gasteiger partial charge in [-0.15, -0.1) is 0 Å². The minimum Gasteiger partial charge on any atom is -0.351 e. The van der Waals surface area contributed by atoms with Gasteiger partial charge in [0.2, 0.25) is 5.91 Å². The SMILES string of the molecule is CC(C)C1NC(=O)CC(c2ccccc2)NC1c1ccccc1. The van der Waals surface area contributed by atoms with Gasteiger partial charge in [-0.05, 0) is 17.0 Å². The van der Waals surface area contributed by atoms with Crippen molar-refractivity contribution in [1.29, 1.82) is 0 Å². The maximum Gasteiger partial charge on any atom is 0.222 e. The summed E-state index contributed by atoms with van der Waals surface area (Å²) in [6.45, 7) is 4.32. The van der Waals surface area contributed by atoms with Crippen molar-refractivity contribution < 1.29 is 4.79 Å².